The van der Waals surface area contributed by atoms with E-state index in [1.54, 1.807) is 54.6 Å². The highest BCUT2D eigenvalue weighted by atomic mass is 19.4. The van der Waals surface area contributed by atoms with E-state index in [9.17, 15) is 27.2 Å². The predicted molar refractivity (Wildman–Crippen MR) is 158 cm³/mol. The average Bonchev–Trinajstić information content (AvgIpc) is 3.00. The molecule has 0 aliphatic carbocycles. The Kier molecular flexibility index (Phi) is 10.6. The number of alkyl halides is 3. The van der Waals surface area contributed by atoms with E-state index in [0.29, 0.717) is 31.2 Å². The van der Waals surface area contributed by atoms with Gasteiger partial charge in [0.25, 0.3) is 0 Å². The summed E-state index contributed by atoms with van der Waals surface area (Å²) in [6, 6.07) is 22.1. The minimum Gasteiger partial charge on any atom is -0.488 e. The van der Waals surface area contributed by atoms with Crippen molar-refractivity contribution in [3.8, 4) is 5.75 Å². The number of carboxylic acid groups (broad SMARTS) is 2. The molecule has 4 rings (SSSR count). The molecule has 0 heterocycles. The Hall–Kier alpha value is -4.92. The van der Waals surface area contributed by atoms with Crippen molar-refractivity contribution in [1.82, 2.24) is 0 Å². The fraction of sp³-hybridized carbons (Fsp3) is 0.200. The monoisotopic (exact) mass is 606 g/mol. The molecule has 0 fully saturated rings. The molecule has 4 aromatic carbocycles. The summed E-state index contributed by atoms with van der Waals surface area (Å²) in [5, 5.41) is 18.3. The van der Waals surface area contributed by atoms with Crippen molar-refractivity contribution >= 4 is 18.0 Å². The van der Waals surface area contributed by atoms with Gasteiger partial charge in [-0.3, -0.25) is 0 Å². The predicted octanol–water partition coefficient (Wildman–Crippen LogP) is 8.71. The first-order valence-corrected chi connectivity index (χ1v) is 13.9. The lowest BCUT2D eigenvalue weighted by Crippen LogP contribution is -2.11. The topological polar surface area (TPSA) is 83.8 Å². The van der Waals surface area contributed by atoms with Gasteiger partial charge in [0.05, 0.1) is 16.7 Å². The van der Waals surface area contributed by atoms with Gasteiger partial charge in [-0.05, 0) is 91.3 Å². The molecule has 0 aliphatic rings. The molecule has 228 valence electrons. The lowest BCUT2D eigenvalue weighted by Gasteiger charge is -2.16. The molecule has 0 spiro atoms. The Morgan fingerprint density at radius 3 is 1.84 bits per heavy atom. The zero-order valence-electron chi connectivity index (χ0n) is 23.6. The minimum absolute atomic E-state index is 0.0321. The molecule has 0 aromatic heterocycles. The van der Waals surface area contributed by atoms with E-state index in [4.69, 9.17) is 14.9 Å². The van der Waals surface area contributed by atoms with Crippen LogP contribution < -0.4 is 4.74 Å². The van der Waals surface area contributed by atoms with Crippen molar-refractivity contribution in [1.29, 1.82) is 0 Å². The smallest absolute Gasteiger partial charge is 0.416 e. The molecule has 5 nitrogen and oxygen atoms in total. The first-order chi connectivity index (χ1) is 21.0. The van der Waals surface area contributed by atoms with Crippen LogP contribution >= 0.6 is 0 Å². The number of allylic oxidation sites excluding steroid dienone is 1. The number of ether oxygens (including phenoxy) is 1. The fourth-order valence-electron chi connectivity index (χ4n) is 4.77. The van der Waals surface area contributed by atoms with Gasteiger partial charge in [-0.1, -0.05) is 54.6 Å². The molecule has 0 atom stereocenters. The molecule has 4 aromatic rings. The molecule has 9 heteroatoms. The number of benzene rings is 4. The summed E-state index contributed by atoms with van der Waals surface area (Å²) in [7, 11) is 0. The van der Waals surface area contributed by atoms with Crippen LogP contribution in [-0.2, 0) is 25.6 Å². The van der Waals surface area contributed by atoms with Crippen molar-refractivity contribution in [2.45, 2.75) is 38.5 Å². The lowest BCUT2D eigenvalue weighted by molar-refractivity contribution is -0.138. The van der Waals surface area contributed by atoms with E-state index < -0.39 is 29.5 Å². The Morgan fingerprint density at radius 2 is 1.32 bits per heavy atom. The van der Waals surface area contributed by atoms with Crippen molar-refractivity contribution in [3.05, 3.63) is 142 Å². The van der Waals surface area contributed by atoms with Gasteiger partial charge >= 0.3 is 18.1 Å². The maximum absolute atomic E-state index is 14.3. The maximum atomic E-state index is 14.3. The van der Waals surface area contributed by atoms with E-state index in [1.165, 1.54) is 36.4 Å². The van der Waals surface area contributed by atoms with Crippen molar-refractivity contribution in [3.63, 3.8) is 0 Å². The third-order valence-electron chi connectivity index (χ3n) is 7.24. The Balaban J connectivity index is 1.53. The van der Waals surface area contributed by atoms with Crippen LogP contribution in [0.1, 0.15) is 61.4 Å². The maximum Gasteiger partial charge on any atom is 0.416 e. The van der Waals surface area contributed by atoms with Crippen molar-refractivity contribution < 1.29 is 42.1 Å². The SMILES string of the molecule is O=C(O)c1ccc(CCC(C=Cc2cc(F)ccc2OCc2ccccc2C(F)(F)F)CCc2ccc(C(=O)O)cc2)cc1. The van der Waals surface area contributed by atoms with Crippen molar-refractivity contribution in [2.75, 3.05) is 0 Å². The molecule has 0 unspecified atom stereocenters. The van der Waals surface area contributed by atoms with Gasteiger partial charge in [-0.2, -0.15) is 13.2 Å². The summed E-state index contributed by atoms with van der Waals surface area (Å²) >= 11 is 0. The first-order valence-electron chi connectivity index (χ1n) is 13.9. The largest absolute Gasteiger partial charge is 0.488 e. The summed E-state index contributed by atoms with van der Waals surface area (Å²) in [4.78, 5) is 22.4. The second-order valence-electron chi connectivity index (χ2n) is 10.3. The molecule has 0 aliphatic heterocycles. The summed E-state index contributed by atoms with van der Waals surface area (Å²) in [5.74, 6) is -2.36. The second kappa shape index (κ2) is 14.5. The van der Waals surface area contributed by atoms with Gasteiger partial charge in [0.1, 0.15) is 18.2 Å². The quantitative estimate of drug-likeness (QED) is 0.149. The van der Waals surface area contributed by atoms with Gasteiger partial charge in [0.15, 0.2) is 0 Å². The molecule has 44 heavy (non-hydrogen) atoms. The zero-order chi connectivity index (χ0) is 31.7. The van der Waals surface area contributed by atoms with Crippen LogP contribution in [0.3, 0.4) is 0 Å². The zero-order valence-corrected chi connectivity index (χ0v) is 23.6. The van der Waals surface area contributed by atoms with Crippen LogP contribution in [0.25, 0.3) is 6.08 Å². The summed E-state index contributed by atoms with van der Waals surface area (Å²) in [5.41, 5.74) is 1.79. The van der Waals surface area contributed by atoms with Crippen LogP contribution in [0, 0.1) is 11.7 Å². The van der Waals surface area contributed by atoms with E-state index >= 15 is 0 Å². The highest BCUT2D eigenvalue weighted by Gasteiger charge is 2.33. The number of aryl methyl sites for hydroxylation is 2. The number of carboxylic acids is 2. The van der Waals surface area contributed by atoms with Gasteiger partial charge < -0.3 is 14.9 Å². The molecular weight excluding hydrogens is 576 g/mol. The van der Waals surface area contributed by atoms with E-state index in [0.717, 1.165) is 17.2 Å². The van der Waals surface area contributed by atoms with E-state index in [2.05, 4.69) is 0 Å². The van der Waals surface area contributed by atoms with E-state index in [-0.39, 0.29) is 35.0 Å². The van der Waals surface area contributed by atoms with Gasteiger partial charge in [-0.15, -0.1) is 0 Å². The third-order valence-corrected chi connectivity index (χ3v) is 7.24. The summed E-state index contributed by atoms with van der Waals surface area (Å²) < 4.78 is 60.3. The molecule has 0 amide bonds. The third kappa shape index (κ3) is 9.04. The molecule has 0 bridgehead atoms. The summed E-state index contributed by atoms with van der Waals surface area (Å²) in [6.07, 6.45) is 1.66. The van der Waals surface area contributed by atoms with Crippen LogP contribution in [0.15, 0.2) is 97.1 Å². The number of carbonyl (C=O) groups is 2. The molecule has 2 N–H and O–H groups in total. The van der Waals surface area contributed by atoms with Gasteiger partial charge in [0.2, 0.25) is 0 Å². The molecule has 0 radical (unpaired) electrons. The standard InChI is InChI=1S/C35H30F4O5/c36-30-19-20-32(44-22-29-3-1-2-4-31(29)35(37,38)39)28(21-30)18-13-23(5-7-24-9-14-26(15-10-24)33(40)41)6-8-25-11-16-27(17-12-25)34(42)43/h1-4,9-21,23H,5-8,22H2,(H,40,41)(H,42,43). The summed E-state index contributed by atoms with van der Waals surface area (Å²) in [6.45, 7) is -0.357. The number of halogens is 4. The normalized spacial score (nSPS) is 11.7. The fourth-order valence-corrected chi connectivity index (χ4v) is 4.77. The van der Waals surface area contributed by atoms with Gasteiger partial charge in [0, 0.05) is 11.1 Å². The number of aromatic carboxylic acids is 2. The molecule has 0 saturated carbocycles. The highest BCUT2D eigenvalue weighted by Crippen LogP contribution is 2.33. The number of hydrogen-bond acceptors (Lipinski definition) is 3. The number of hydrogen-bond donors (Lipinski definition) is 2. The first kappa shape index (κ1) is 32.0. The number of rotatable bonds is 13. The van der Waals surface area contributed by atoms with E-state index in [1.807, 2.05) is 6.08 Å². The van der Waals surface area contributed by atoms with Crippen LogP contribution in [0.5, 0.6) is 5.75 Å². The Morgan fingerprint density at radius 1 is 0.773 bits per heavy atom. The second-order valence-corrected chi connectivity index (χ2v) is 10.3. The Labute approximate surface area is 252 Å². The van der Waals surface area contributed by atoms with Crippen LogP contribution in [0.4, 0.5) is 17.6 Å². The van der Waals surface area contributed by atoms with Crippen molar-refractivity contribution in [2.24, 2.45) is 5.92 Å². The molecular formula is C35H30F4O5. The highest BCUT2D eigenvalue weighted by molar-refractivity contribution is 5.88. The average molecular weight is 607 g/mol. The van der Waals surface area contributed by atoms with Crippen LogP contribution in [0.2, 0.25) is 0 Å². The van der Waals surface area contributed by atoms with Crippen LogP contribution in [-0.4, -0.2) is 22.2 Å². The van der Waals surface area contributed by atoms with Gasteiger partial charge in [-0.25, -0.2) is 14.0 Å². The Bertz CT molecular complexity index is 1550. The minimum atomic E-state index is -4.54. The lowest BCUT2D eigenvalue weighted by atomic mass is 9.91. The molecule has 0 saturated heterocycles.